The molecule has 0 aliphatic rings. The summed E-state index contributed by atoms with van der Waals surface area (Å²) in [5.74, 6) is 0. The van der Waals surface area contributed by atoms with Gasteiger partial charge in [-0.3, -0.25) is 4.98 Å². The Morgan fingerprint density at radius 3 is 2.72 bits per heavy atom. The van der Waals surface area contributed by atoms with Crippen molar-refractivity contribution in [2.75, 3.05) is 19.5 Å². The third kappa shape index (κ3) is 2.06. The molecule has 1 aromatic carbocycles. The van der Waals surface area contributed by atoms with Crippen molar-refractivity contribution in [3.8, 4) is 0 Å². The Hall–Kier alpha value is -1.61. The van der Waals surface area contributed by atoms with Crippen molar-refractivity contribution in [3.05, 3.63) is 35.0 Å². The van der Waals surface area contributed by atoms with Gasteiger partial charge in [-0.05, 0) is 18.9 Å². The van der Waals surface area contributed by atoms with Gasteiger partial charge >= 0.3 is 0 Å². The topological polar surface area (TPSA) is 34.1 Å². The summed E-state index contributed by atoms with van der Waals surface area (Å²) in [6, 6.07) is 6.25. The number of nitrogens with one attached hydrogen (secondary N) is 1. The number of para-hydroxylation sites is 1. The number of hydrogen-bond donors (Lipinski definition) is 1. The Morgan fingerprint density at radius 1 is 1.33 bits per heavy atom. The van der Waals surface area contributed by atoms with E-state index in [1.54, 1.807) is 7.11 Å². The van der Waals surface area contributed by atoms with Gasteiger partial charge in [0.05, 0.1) is 12.1 Å². The smallest absolute Gasteiger partial charge is 0.0781 e. The summed E-state index contributed by atoms with van der Waals surface area (Å²) < 4.78 is 5.25. The van der Waals surface area contributed by atoms with Crippen molar-refractivity contribution >= 4 is 16.6 Å². The molecule has 0 atom stereocenters. The van der Waals surface area contributed by atoms with Crippen LogP contribution in [0.2, 0.25) is 0 Å². The summed E-state index contributed by atoms with van der Waals surface area (Å²) in [4.78, 5) is 4.75. The molecule has 3 heteroatoms. The molecule has 0 amide bonds. The Labute approximate surface area is 108 Å². The second-order valence-electron chi connectivity index (χ2n) is 4.40. The molecule has 2 aromatic rings. The number of fused-ring (bicyclic) bond motifs is 1. The zero-order valence-corrected chi connectivity index (χ0v) is 11.5. The quantitative estimate of drug-likeness (QED) is 0.896. The van der Waals surface area contributed by atoms with Crippen LogP contribution in [0.15, 0.2) is 18.2 Å². The largest absolute Gasteiger partial charge is 0.387 e. The minimum absolute atomic E-state index is 0.596. The molecule has 0 saturated heterocycles. The van der Waals surface area contributed by atoms with E-state index in [2.05, 4.69) is 37.4 Å². The molecule has 96 valence electrons. The molecule has 0 spiro atoms. The molecule has 0 unspecified atom stereocenters. The van der Waals surface area contributed by atoms with E-state index in [4.69, 9.17) is 9.72 Å². The maximum Gasteiger partial charge on any atom is 0.0781 e. The highest BCUT2D eigenvalue weighted by atomic mass is 16.5. The molecule has 1 N–H and O–H groups in total. The van der Waals surface area contributed by atoms with Gasteiger partial charge in [-0.2, -0.15) is 0 Å². The normalized spacial score (nSPS) is 10.9. The lowest BCUT2D eigenvalue weighted by molar-refractivity contribution is 0.186. The molecule has 18 heavy (non-hydrogen) atoms. The zero-order chi connectivity index (χ0) is 13.1. The lowest BCUT2D eigenvalue weighted by Gasteiger charge is -2.15. The van der Waals surface area contributed by atoms with Gasteiger partial charge < -0.3 is 10.1 Å². The number of aromatic nitrogens is 1. The highest BCUT2D eigenvalue weighted by Crippen LogP contribution is 2.30. The molecule has 0 aliphatic heterocycles. The van der Waals surface area contributed by atoms with E-state index < -0.39 is 0 Å². The number of ether oxygens (including phenoxy) is 1. The molecule has 1 heterocycles. The van der Waals surface area contributed by atoms with Crippen molar-refractivity contribution in [2.45, 2.75) is 26.9 Å². The lowest BCUT2D eigenvalue weighted by Crippen LogP contribution is -2.03. The van der Waals surface area contributed by atoms with E-state index >= 15 is 0 Å². The predicted octanol–water partition coefficient (Wildman–Crippen LogP) is 3.29. The third-order valence-electron chi connectivity index (χ3n) is 3.31. The average molecular weight is 244 g/mol. The first kappa shape index (κ1) is 12.8. The van der Waals surface area contributed by atoms with Crippen LogP contribution >= 0.6 is 0 Å². The van der Waals surface area contributed by atoms with E-state index in [1.807, 2.05) is 7.05 Å². The van der Waals surface area contributed by atoms with E-state index in [0.717, 1.165) is 23.2 Å². The average Bonchev–Trinajstić information content (AvgIpc) is 2.38. The van der Waals surface area contributed by atoms with Crippen molar-refractivity contribution in [2.24, 2.45) is 0 Å². The summed E-state index contributed by atoms with van der Waals surface area (Å²) in [6.07, 6.45) is 0.986. The molecule has 0 fully saturated rings. The Morgan fingerprint density at radius 2 is 2.11 bits per heavy atom. The summed E-state index contributed by atoms with van der Waals surface area (Å²) in [5, 5.41) is 4.49. The molecule has 0 aliphatic carbocycles. The van der Waals surface area contributed by atoms with Crippen LogP contribution in [-0.4, -0.2) is 19.1 Å². The summed E-state index contributed by atoms with van der Waals surface area (Å²) in [6.45, 7) is 4.83. The van der Waals surface area contributed by atoms with E-state index in [9.17, 15) is 0 Å². The van der Waals surface area contributed by atoms with Crippen LogP contribution in [0.25, 0.3) is 10.9 Å². The fraction of sp³-hybridized carbons (Fsp3) is 0.400. The van der Waals surface area contributed by atoms with E-state index in [1.165, 1.54) is 16.6 Å². The van der Waals surface area contributed by atoms with Crippen molar-refractivity contribution < 1.29 is 4.74 Å². The highest BCUT2D eigenvalue weighted by Gasteiger charge is 2.12. The molecular formula is C15H20N2O. The molecule has 0 saturated carbocycles. The minimum Gasteiger partial charge on any atom is -0.387 e. The number of anilines is 1. The van der Waals surface area contributed by atoms with Crippen LogP contribution in [-0.2, 0) is 17.8 Å². The maximum atomic E-state index is 5.25. The van der Waals surface area contributed by atoms with Gasteiger partial charge in [-0.15, -0.1) is 0 Å². The Balaban J connectivity index is 2.78. The maximum absolute atomic E-state index is 5.25. The summed E-state index contributed by atoms with van der Waals surface area (Å²) >= 11 is 0. The lowest BCUT2D eigenvalue weighted by atomic mass is 10.0. The van der Waals surface area contributed by atoms with Crippen molar-refractivity contribution in [1.29, 1.82) is 0 Å². The first-order valence-corrected chi connectivity index (χ1v) is 6.30. The van der Waals surface area contributed by atoms with Gasteiger partial charge in [0.2, 0.25) is 0 Å². The number of pyridine rings is 1. The summed E-state index contributed by atoms with van der Waals surface area (Å²) in [7, 11) is 3.68. The van der Waals surface area contributed by atoms with Gasteiger partial charge in [0.15, 0.2) is 0 Å². The number of methoxy groups -OCH3 is 1. The van der Waals surface area contributed by atoms with Crippen LogP contribution in [0.3, 0.4) is 0 Å². The number of nitrogens with zero attached hydrogens (tertiary/aromatic N) is 1. The zero-order valence-electron chi connectivity index (χ0n) is 11.5. The number of aryl methyl sites for hydroxylation is 1. The standard InChI is InChI=1S/C15H20N2O/c1-5-12-10(2)17-14-11(9-18-4)7-6-8-13(14)15(12)16-3/h6-8H,5,9H2,1-4H3,(H,16,17). The Kier molecular flexibility index (Phi) is 3.82. The van der Waals surface area contributed by atoms with Crippen molar-refractivity contribution in [3.63, 3.8) is 0 Å². The van der Waals surface area contributed by atoms with Crippen LogP contribution in [0.5, 0.6) is 0 Å². The van der Waals surface area contributed by atoms with Gasteiger partial charge in [0.25, 0.3) is 0 Å². The molecule has 2 rings (SSSR count). The van der Waals surface area contributed by atoms with Gasteiger partial charge in [0, 0.05) is 36.5 Å². The fourth-order valence-corrected chi connectivity index (χ4v) is 2.49. The third-order valence-corrected chi connectivity index (χ3v) is 3.31. The van der Waals surface area contributed by atoms with Gasteiger partial charge in [-0.1, -0.05) is 25.1 Å². The minimum atomic E-state index is 0.596. The van der Waals surface area contributed by atoms with E-state index in [-0.39, 0.29) is 0 Å². The molecule has 0 radical (unpaired) electrons. The second kappa shape index (κ2) is 5.36. The van der Waals surface area contributed by atoms with Gasteiger partial charge in [-0.25, -0.2) is 0 Å². The molecule has 0 bridgehead atoms. The molecular weight excluding hydrogens is 224 g/mol. The first-order valence-electron chi connectivity index (χ1n) is 6.30. The van der Waals surface area contributed by atoms with Crippen LogP contribution in [0.1, 0.15) is 23.7 Å². The first-order chi connectivity index (χ1) is 8.72. The second-order valence-corrected chi connectivity index (χ2v) is 4.40. The fourth-order valence-electron chi connectivity index (χ4n) is 2.49. The summed E-state index contributed by atoms with van der Waals surface area (Å²) in [5.41, 5.74) is 5.76. The number of hydrogen-bond acceptors (Lipinski definition) is 3. The number of benzene rings is 1. The monoisotopic (exact) mass is 244 g/mol. The highest BCUT2D eigenvalue weighted by molar-refractivity contribution is 5.95. The SMILES string of the molecule is CCc1c(C)nc2c(COC)cccc2c1NC. The van der Waals surface area contributed by atoms with Crippen LogP contribution in [0.4, 0.5) is 5.69 Å². The number of rotatable bonds is 4. The van der Waals surface area contributed by atoms with Crippen molar-refractivity contribution in [1.82, 2.24) is 4.98 Å². The van der Waals surface area contributed by atoms with Crippen LogP contribution < -0.4 is 5.32 Å². The van der Waals surface area contributed by atoms with E-state index in [0.29, 0.717) is 6.61 Å². The van der Waals surface area contributed by atoms with Gasteiger partial charge in [0.1, 0.15) is 0 Å². The van der Waals surface area contributed by atoms with Crippen LogP contribution in [0, 0.1) is 6.92 Å². The predicted molar refractivity (Wildman–Crippen MR) is 76.1 cm³/mol. The Bertz CT molecular complexity index is 564. The molecule has 3 nitrogen and oxygen atoms in total. The molecule has 1 aromatic heterocycles.